The predicted octanol–water partition coefficient (Wildman–Crippen LogP) is 16.1. The maximum absolute atomic E-state index is 6.58. The van der Waals surface area contributed by atoms with Crippen LogP contribution in [0.3, 0.4) is 0 Å². The molecule has 0 saturated heterocycles. The fraction of sp³-hybridized carbons (Fsp3) is 0.0156. The highest BCUT2D eigenvalue weighted by Crippen LogP contribution is 2.63. The highest BCUT2D eigenvalue weighted by molar-refractivity contribution is 6.13. The Morgan fingerprint density at radius 3 is 1.34 bits per heavy atom. The molecule has 0 amide bonds. The maximum atomic E-state index is 6.58. The van der Waals surface area contributed by atoms with E-state index in [1.807, 2.05) is 48.5 Å². The second-order valence-electron chi connectivity index (χ2n) is 17.8. The molecule has 0 atom stereocenters. The first-order chi connectivity index (χ1) is 33.7. The smallest absolute Gasteiger partial charge is 0.164 e. The topological polar surface area (TPSA) is 51.8 Å². The molecule has 316 valence electrons. The number of fused-ring (bicyclic) bond motifs is 13. The summed E-state index contributed by atoms with van der Waals surface area (Å²) in [5.41, 5.74) is 21.4. The predicted molar refractivity (Wildman–Crippen MR) is 276 cm³/mol. The second-order valence-corrected chi connectivity index (χ2v) is 17.8. The summed E-state index contributed by atoms with van der Waals surface area (Å²) < 4.78 is 6.58. The Bertz CT molecular complexity index is 3900. The Morgan fingerprint density at radius 2 is 0.691 bits per heavy atom. The van der Waals surface area contributed by atoms with Crippen molar-refractivity contribution in [1.29, 1.82) is 0 Å². The zero-order chi connectivity index (χ0) is 44.8. The van der Waals surface area contributed by atoms with Crippen molar-refractivity contribution < 1.29 is 4.42 Å². The molecule has 0 bridgehead atoms. The first-order valence-corrected chi connectivity index (χ1v) is 23.2. The van der Waals surface area contributed by atoms with E-state index in [-0.39, 0.29) is 0 Å². The van der Waals surface area contributed by atoms with Crippen molar-refractivity contribution in [2.24, 2.45) is 0 Å². The Balaban J connectivity index is 0.884. The number of hydrogen-bond acceptors (Lipinski definition) is 4. The molecule has 2 heterocycles. The number of aromatic nitrogens is 3. The van der Waals surface area contributed by atoms with Gasteiger partial charge in [0.05, 0.1) is 5.41 Å². The van der Waals surface area contributed by atoms with Gasteiger partial charge in [-0.2, -0.15) is 0 Å². The summed E-state index contributed by atoms with van der Waals surface area (Å²) in [5, 5.41) is 1.97. The van der Waals surface area contributed by atoms with Gasteiger partial charge in [0.15, 0.2) is 17.5 Å². The quantitative estimate of drug-likeness (QED) is 0.167. The van der Waals surface area contributed by atoms with Crippen LogP contribution in [0.15, 0.2) is 241 Å². The van der Waals surface area contributed by atoms with E-state index in [0.29, 0.717) is 17.5 Å². The van der Waals surface area contributed by atoms with Gasteiger partial charge in [0.2, 0.25) is 0 Å². The highest BCUT2D eigenvalue weighted by Gasteiger charge is 2.51. The van der Waals surface area contributed by atoms with Crippen molar-refractivity contribution in [3.8, 4) is 89.8 Å². The van der Waals surface area contributed by atoms with E-state index in [0.717, 1.165) is 66.4 Å². The average molecular weight is 866 g/mol. The number of furan rings is 1. The lowest BCUT2D eigenvalue weighted by molar-refractivity contribution is 0.669. The van der Waals surface area contributed by atoms with Crippen LogP contribution < -0.4 is 0 Å². The van der Waals surface area contributed by atoms with Gasteiger partial charge in [0, 0.05) is 27.5 Å². The number of benzene rings is 10. The monoisotopic (exact) mass is 865 g/mol. The van der Waals surface area contributed by atoms with Crippen LogP contribution in [0.25, 0.3) is 112 Å². The summed E-state index contributed by atoms with van der Waals surface area (Å²) in [5.74, 6) is 1.81. The van der Waals surface area contributed by atoms with Crippen LogP contribution in [0.2, 0.25) is 0 Å². The SMILES string of the molecule is c1ccc(-c2ccc(-c3nc(-c4ccccc4)nc(-c4cccc5oc6ccc(-c7cccc(-c8ccc9c(c8)C8(c%10ccccc%10-c%10ccccc%108)c8ccccc8-9)c7)cc6c45)n3)cc2)cc1. The van der Waals surface area contributed by atoms with E-state index in [4.69, 9.17) is 19.4 Å². The van der Waals surface area contributed by atoms with Crippen molar-refractivity contribution in [2.45, 2.75) is 5.41 Å². The molecule has 0 fully saturated rings. The van der Waals surface area contributed by atoms with E-state index in [1.165, 1.54) is 50.1 Å². The first-order valence-electron chi connectivity index (χ1n) is 23.2. The molecule has 2 aliphatic carbocycles. The summed E-state index contributed by atoms with van der Waals surface area (Å²) in [6, 6.07) is 84.6. The van der Waals surface area contributed by atoms with Gasteiger partial charge in [-0.15, -0.1) is 0 Å². The van der Waals surface area contributed by atoms with E-state index in [2.05, 4.69) is 188 Å². The molecule has 0 radical (unpaired) electrons. The molecule has 4 nitrogen and oxygen atoms in total. The van der Waals surface area contributed by atoms with Crippen LogP contribution >= 0.6 is 0 Å². The number of hydrogen-bond donors (Lipinski definition) is 0. The molecule has 14 rings (SSSR count). The number of nitrogens with zero attached hydrogens (tertiary/aromatic N) is 3. The van der Waals surface area contributed by atoms with E-state index in [1.54, 1.807) is 0 Å². The van der Waals surface area contributed by atoms with Crippen LogP contribution in [-0.2, 0) is 5.41 Å². The molecule has 10 aromatic carbocycles. The maximum Gasteiger partial charge on any atom is 0.164 e. The summed E-state index contributed by atoms with van der Waals surface area (Å²) in [6.07, 6.45) is 0. The minimum Gasteiger partial charge on any atom is -0.456 e. The largest absolute Gasteiger partial charge is 0.456 e. The molecule has 0 unspecified atom stereocenters. The minimum absolute atomic E-state index is 0.397. The van der Waals surface area contributed by atoms with E-state index in [9.17, 15) is 0 Å². The molecule has 0 N–H and O–H groups in total. The molecule has 4 heteroatoms. The molecule has 2 aromatic heterocycles. The molecule has 0 aliphatic heterocycles. The van der Waals surface area contributed by atoms with Gasteiger partial charge in [-0.25, -0.2) is 15.0 Å². The standard InChI is InChI=1S/C64H39N3O/c1-3-15-40(16-4-1)41-29-31-43(32-30-41)62-65-61(42-17-5-2-6-18-42)66-63(67-62)52-24-14-28-59-60(52)53-38-46(34-36-58(53)68-59)44-19-13-20-45(37-44)47-33-35-51-50-23-9-12-27-56(50)64(57(51)39-47)54-25-10-7-21-48(54)49-22-8-11-26-55(49)64/h1-39H. The third-order valence-electron chi connectivity index (χ3n) is 14.2. The van der Waals surface area contributed by atoms with Crippen molar-refractivity contribution in [1.82, 2.24) is 15.0 Å². The summed E-state index contributed by atoms with van der Waals surface area (Å²) >= 11 is 0. The Kier molecular flexibility index (Phi) is 8.46. The van der Waals surface area contributed by atoms with Crippen LogP contribution in [0.1, 0.15) is 22.3 Å². The van der Waals surface area contributed by atoms with Crippen molar-refractivity contribution in [2.75, 3.05) is 0 Å². The van der Waals surface area contributed by atoms with Gasteiger partial charge in [0.25, 0.3) is 0 Å². The van der Waals surface area contributed by atoms with Gasteiger partial charge >= 0.3 is 0 Å². The van der Waals surface area contributed by atoms with Crippen molar-refractivity contribution in [3.63, 3.8) is 0 Å². The molecule has 12 aromatic rings. The zero-order valence-corrected chi connectivity index (χ0v) is 36.8. The Labute approximate surface area is 393 Å². The Morgan fingerprint density at radius 1 is 0.265 bits per heavy atom. The van der Waals surface area contributed by atoms with Crippen LogP contribution in [-0.4, -0.2) is 15.0 Å². The molecule has 1 spiro atoms. The van der Waals surface area contributed by atoms with Gasteiger partial charge in [-0.05, 0) is 108 Å². The Hall–Kier alpha value is -8.99. The average Bonchev–Trinajstić information content (AvgIpc) is 4.05. The normalized spacial score (nSPS) is 12.8. The molecule has 0 saturated carbocycles. The molecular weight excluding hydrogens is 827 g/mol. The van der Waals surface area contributed by atoms with Crippen LogP contribution in [0, 0.1) is 0 Å². The van der Waals surface area contributed by atoms with Crippen LogP contribution in [0.4, 0.5) is 0 Å². The third-order valence-corrected chi connectivity index (χ3v) is 14.2. The minimum atomic E-state index is -0.397. The van der Waals surface area contributed by atoms with Gasteiger partial charge in [-0.1, -0.05) is 206 Å². The fourth-order valence-corrected chi connectivity index (χ4v) is 11.1. The van der Waals surface area contributed by atoms with Gasteiger partial charge < -0.3 is 4.42 Å². The van der Waals surface area contributed by atoms with Crippen molar-refractivity contribution >= 4 is 21.9 Å². The third kappa shape index (κ3) is 5.77. The lowest BCUT2D eigenvalue weighted by atomic mass is 9.70. The van der Waals surface area contributed by atoms with Gasteiger partial charge in [0.1, 0.15) is 11.2 Å². The molecule has 2 aliphatic rings. The molecule has 68 heavy (non-hydrogen) atoms. The van der Waals surface area contributed by atoms with Crippen LogP contribution in [0.5, 0.6) is 0 Å². The summed E-state index contributed by atoms with van der Waals surface area (Å²) in [6.45, 7) is 0. The lowest BCUT2D eigenvalue weighted by Gasteiger charge is -2.30. The highest BCUT2D eigenvalue weighted by atomic mass is 16.3. The van der Waals surface area contributed by atoms with Gasteiger partial charge in [-0.3, -0.25) is 0 Å². The summed E-state index contributed by atoms with van der Waals surface area (Å²) in [4.78, 5) is 15.4. The lowest BCUT2D eigenvalue weighted by Crippen LogP contribution is -2.25. The summed E-state index contributed by atoms with van der Waals surface area (Å²) in [7, 11) is 0. The first kappa shape index (κ1) is 38.3. The fourth-order valence-electron chi connectivity index (χ4n) is 11.1. The van der Waals surface area contributed by atoms with E-state index >= 15 is 0 Å². The van der Waals surface area contributed by atoms with E-state index < -0.39 is 5.41 Å². The zero-order valence-electron chi connectivity index (χ0n) is 36.8. The van der Waals surface area contributed by atoms with Crippen molar-refractivity contribution in [3.05, 3.63) is 259 Å². The number of rotatable bonds is 6. The molecular formula is C64H39N3O. The second kappa shape index (κ2) is 15.0.